The fourth-order valence-corrected chi connectivity index (χ4v) is 2.95. The molecule has 5 heteroatoms. The quantitative estimate of drug-likeness (QED) is 0.908. The van der Waals surface area contributed by atoms with Crippen LogP contribution < -0.4 is 10.5 Å². The van der Waals surface area contributed by atoms with Crippen molar-refractivity contribution in [3.8, 4) is 5.75 Å². The Morgan fingerprint density at radius 2 is 2.27 bits per heavy atom. The van der Waals surface area contributed by atoms with Crippen LogP contribution in [-0.4, -0.2) is 42.0 Å². The molecule has 0 radical (unpaired) electrons. The van der Waals surface area contributed by atoms with Crippen LogP contribution in [0.3, 0.4) is 0 Å². The lowest BCUT2D eigenvalue weighted by Gasteiger charge is -2.29. The molecule has 1 atom stereocenters. The number of H-pyrrole nitrogens is 1. The van der Waals surface area contributed by atoms with Crippen LogP contribution >= 0.6 is 0 Å². The maximum absolute atomic E-state index is 11.3. The highest BCUT2D eigenvalue weighted by Gasteiger charge is 2.22. The van der Waals surface area contributed by atoms with E-state index in [1.54, 1.807) is 7.11 Å². The molecule has 2 heterocycles. The van der Waals surface area contributed by atoms with Crippen LogP contribution in [0.5, 0.6) is 5.75 Å². The summed E-state index contributed by atoms with van der Waals surface area (Å²) in [6, 6.07) is 5.82. The molecule has 1 aliphatic rings. The number of aromatic nitrogens is 1. The first-order valence-corrected chi connectivity index (χ1v) is 7.48. The summed E-state index contributed by atoms with van der Waals surface area (Å²) < 4.78 is 5.32. The van der Waals surface area contributed by atoms with E-state index < -0.39 is 0 Å². The van der Waals surface area contributed by atoms with Gasteiger partial charge in [-0.15, -0.1) is 0 Å². The monoisotopic (exact) mass is 299 g/mol. The van der Waals surface area contributed by atoms with Crippen LogP contribution in [0.1, 0.15) is 18.9 Å². The molecule has 3 N–H and O–H groups in total. The molecule has 0 unspecified atom stereocenters. The molecule has 1 aliphatic heterocycles. The third-order valence-electron chi connectivity index (χ3n) is 4.43. The normalized spacial score (nSPS) is 17.3. The summed E-state index contributed by atoms with van der Waals surface area (Å²) in [4.78, 5) is 16.7. The van der Waals surface area contributed by atoms with Gasteiger partial charge >= 0.3 is 0 Å². The number of nitrogens with two attached hydrogens (primary N) is 1. The maximum atomic E-state index is 11.3. The van der Waals surface area contributed by atoms with Gasteiger partial charge in [0.1, 0.15) is 5.75 Å². The highest BCUT2D eigenvalue weighted by atomic mass is 16.5. The summed E-state index contributed by atoms with van der Waals surface area (Å²) in [5, 5.41) is 1.17. The molecule has 1 aromatic carbocycles. The van der Waals surface area contributed by atoms with E-state index in [1.807, 2.05) is 25.3 Å². The van der Waals surface area contributed by atoms with Gasteiger partial charge < -0.3 is 15.5 Å². The number of carbonyl (C=O) groups excluding carboxylic acids is 1. The van der Waals surface area contributed by atoms with E-state index in [0.29, 0.717) is 0 Å². The lowest BCUT2D eigenvalue weighted by Crippen LogP contribution is -2.44. The summed E-state index contributed by atoms with van der Waals surface area (Å²) in [6.45, 7) is 3.44. The van der Waals surface area contributed by atoms with Crippen molar-refractivity contribution in [1.82, 2.24) is 9.88 Å². The Bertz CT molecular complexity index is 733. The number of benzene rings is 1. The molecule has 0 saturated heterocycles. The number of primary amides is 1. The minimum atomic E-state index is -0.270. The zero-order valence-corrected chi connectivity index (χ0v) is 12.9. The smallest absolute Gasteiger partial charge is 0.234 e. The van der Waals surface area contributed by atoms with Crippen LogP contribution in [0.4, 0.5) is 0 Å². The molecule has 1 aromatic heterocycles. The largest absolute Gasteiger partial charge is 0.497 e. The summed E-state index contributed by atoms with van der Waals surface area (Å²) in [5.41, 5.74) is 8.99. The molecule has 0 fully saturated rings. The first-order valence-electron chi connectivity index (χ1n) is 7.48. The number of nitrogens with one attached hydrogen (secondary N) is 1. The number of aromatic amines is 1. The van der Waals surface area contributed by atoms with Crippen LogP contribution in [-0.2, 0) is 4.79 Å². The van der Waals surface area contributed by atoms with Gasteiger partial charge in [-0.1, -0.05) is 6.08 Å². The number of methoxy groups -OCH3 is 1. The van der Waals surface area contributed by atoms with Crippen molar-refractivity contribution in [2.45, 2.75) is 19.4 Å². The predicted molar refractivity (Wildman–Crippen MR) is 87.7 cm³/mol. The van der Waals surface area contributed by atoms with Crippen molar-refractivity contribution < 1.29 is 9.53 Å². The van der Waals surface area contributed by atoms with E-state index in [-0.39, 0.29) is 11.9 Å². The molecular formula is C17H21N3O2. The van der Waals surface area contributed by atoms with Crippen molar-refractivity contribution in [2.75, 3.05) is 20.2 Å². The molecule has 1 amide bonds. The van der Waals surface area contributed by atoms with Gasteiger partial charge in [0.2, 0.25) is 5.91 Å². The number of carbonyl (C=O) groups is 1. The summed E-state index contributed by atoms with van der Waals surface area (Å²) in [6.07, 6.45) is 5.13. The molecular weight excluding hydrogens is 278 g/mol. The van der Waals surface area contributed by atoms with Crippen molar-refractivity contribution in [3.05, 3.63) is 36.0 Å². The number of hydrogen-bond donors (Lipinski definition) is 2. The average Bonchev–Trinajstić information content (AvgIpc) is 2.97. The standard InChI is InChI=1S/C17H21N3O2/c1-11(17(18)21)20-7-5-12(6-8-20)15-10-19-16-4-3-13(22-2)9-14(15)16/h3-5,9-11,19H,6-8H2,1-2H3,(H2,18,21)/t11-/m0/s1. The molecule has 3 rings (SSSR count). The Labute approximate surface area is 129 Å². The van der Waals surface area contributed by atoms with E-state index in [9.17, 15) is 4.79 Å². The zero-order valence-electron chi connectivity index (χ0n) is 12.9. The van der Waals surface area contributed by atoms with Crippen LogP contribution in [0.15, 0.2) is 30.5 Å². The summed E-state index contributed by atoms with van der Waals surface area (Å²) in [7, 11) is 1.68. The molecule has 5 nitrogen and oxygen atoms in total. The van der Waals surface area contributed by atoms with Gasteiger partial charge in [-0.25, -0.2) is 0 Å². The molecule has 0 aliphatic carbocycles. The maximum Gasteiger partial charge on any atom is 0.234 e. The minimum absolute atomic E-state index is 0.221. The van der Waals surface area contributed by atoms with Gasteiger partial charge in [-0.3, -0.25) is 9.69 Å². The number of nitrogens with zero attached hydrogens (tertiary/aromatic N) is 1. The fraction of sp³-hybridized carbons (Fsp3) is 0.353. The van der Waals surface area contributed by atoms with Crippen LogP contribution in [0.2, 0.25) is 0 Å². The highest BCUT2D eigenvalue weighted by molar-refractivity contribution is 5.93. The SMILES string of the molecule is COc1ccc2[nH]cc(C3=CCN([C@@H](C)C(N)=O)CC3)c2c1. The first kappa shape index (κ1) is 14.7. The molecule has 116 valence electrons. The molecule has 0 saturated carbocycles. The number of rotatable bonds is 4. The zero-order chi connectivity index (χ0) is 15.7. The van der Waals surface area contributed by atoms with Crippen molar-refractivity contribution in [3.63, 3.8) is 0 Å². The van der Waals surface area contributed by atoms with Crippen LogP contribution in [0.25, 0.3) is 16.5 Å². The number of hydrogen-bond acceptors (Lipinski definition) is 3. The number of amides is 1. The van der Waals surface area contributed by atoms with Gasteiger partial charge in [-0.2, -0.15) is 0 Å². The molecule has 0 spiro atoms. The summed E-state index contributed by atoms with van der Waals surface area (Å²) >= 11 is 0. The van der Waals surface area contributed by atoms with E-state index in [1.165, 1.54) is 16.5 Å². The second-order valence-corrected chi connectivity index (χ2v) is 5.67. The van der Waals surface area contributed by atoms with Crippen molar-refractivity contribution in [1.29, 1.82) is 0 Å². The van der Waals surface area contributed by atoms with Gasteiger partial charge in [0.25, 0.3) is 0 Å². The van der Waals surface area contributed by atoms with Crippen LogP contribution in [0, 0.1) is 0 Å². The van der Waals surface area contributed by atoms with Gasteiger partial charge in [0.15, 0.2) is 0 Å². The lowest BCUT2D eigenvalue weighted by atomic mass is 9.98. The Morgan fingerprint density at radius 1 is 1.45 bits per heavy atom. The fourth-order valence-electron chi connectivity index (χ4n) is 2.95. The third-order valence-corrected chi connectivity index (χ3v) is 4.43. The highest BCUT2D eigenvalue weighted by Crippen LogP contribution is 2.31. The first-order chi connectivity index (χ1) is 10.6. The second-order valence-electron chi connectivity index (χ2n) is 5.67. The van der Waals surface area contributed by atoms with Crippen molar-refractivity contribution in [2.24, 2.45) is 5.73 Å². The average molecular weight is 299 g/mol. The Hall–Kier alpha value is -2.27. The predicted octanol–water partition coefficient (Wildman–Crippen LogP) is 2.14. The molecule has 2 aromatic rings. The van der Waals surface area contributed by atoms with Gasteiger partial charge in [0, 0.05) is 35.8 Å². The number of fused-ring (bicyclic) bond motifs is 1. The van der Waals surface area contributed by atoms with Gasteiger partial charge in [-0.05, 0) is 37.1 Å². The lowest BCUT2D eigenvalue weighted by molar-refractivity contribution is -0.122. The Balaban J connectivity index is 1.88. The Kier molecular flexibility index (Phi) is 3.90. The summed E-state index contributed by atoms with van der Waals surface area (Å²) in [5.74, 6) is 0.586. The van der Waals surface area contributed by atoms with E-state index >= 15 is 0 Å². The van der Waals surface area contributed by atoms with Crippen molar-refractivity contribution >= 4 is 22.4 Å². The minimum Gasteiger partial charge on any atom is -0.497 e. The van der Waals surface area contributed by atoms with E-state index in [4.69, 9.17) is 10.5 Å². The van der Waals surface area contributed by atoms with E-state index in [2.05, 4.69) is 22.0 Å². The van der Waals surface area contributed by atoms with E-state index in [0.717, 1.165) is 30.8 Å². The topological polar surface area (TPSA) is 71.3 Å². The second kappa shape index (κ2) is 5.85. The molecule has 22 heavy (non-hydrogen) atoms. The molecule has 0 bridgehead atoms. The van der Waals surface area contributed by atoms with Gasteiger partial charge in [0.05, 0.1) is 13.2 Å². The number of ether oxygens (including phenoxy) is 1. The third kappa shape index (κ3) is 2.60. The Morgan fingerprint density at radius 3 is 2.91 bits per heavy atom.